The molecule has 1 saturated heterocycles. The monoisotopic (exact) mass is 621 g/mol. The van der Waals surface area contributed by atoms with E-state index in [-0.39, 0.29) is 24.6 Å². The molecule has 7 rings (SSSR count). The fourth-order valence-electron chi connectivity index (χ4n) is 4.56. The number of nitrogens with zero attached hydrogens (tertiary/aromatic N) is 4. The maximum Gasteiger partial charge on any atom is 0.243 e. The Hall–Kier alpha value is -3.36. The average molecular weight is 623 g/mol. The van der Waals surface area contributed by atoms with Crippen LogP contribution in [-0.4, -0.2) is 57.7 Å². The molecule has 1 aromatic heterocycles. The summed E-state index contributed by atoms with van der Waals surface area (Å²) in [5.74, 6) is 0.694. The van der Waals surface area contributed by atoms with Gasteiger partial charge >= 0.3 is 0 Å². The minimum absolute atomic E-state index is 0.0310. The van der Waals surface area contributed by atoms with Gasteiger partial charge in [-0.3, -0.25) is 15.2 Å². The Kier molecular flexibility index (Phi) is 7.69. The molecule has 1 fully saturated rings. The standard InChI is InChI=1S/C25H29BrFN7O4S/c1-15-4-5-19(32-39(3,35)36)20(10-15)29-24-17(26)13-28-25(30-24)31-34-14-38-16-6-8-33(9-7-16)21-12-23(37-2)22(34)11-18(21)27/h4-5,10-13,16,32H,6-9,14H2,1-3H3,(H2,28,29,30,31). The third-order valence-corrected chi connectivity index (χ3v) is 7.63. The van der Waals surface area contributed by atoms with Crippen LogP contribution in [0.4, 0.5) is 38.9 Å². The van der Waals surface area contributed by atoms with Gasteiger partial charge in [0, 0.05) is 31.4 Å². The molecule has 4 bridgehead atoms. The van der Waals surface area contributed by atoms with Crippen molar-refractivity contribution in [2.75, 3.05) is 58.6 Å². The first kappa shape index (κ1) is 27.2. The lowest BCUT2D eigenvalue weighted by atomic mass is 10.1. The van der Waals surface area contributed by atoms with E-state index in [0.717, 1.165) is 24.7 Å². The van der Waals surface area contributed by atoms with Crippen LogP contribution < -0.4 is 30.1 Å². The molecule has 4 aliphatic heterocycles. The molecule has 3 N–H and O–H groups in total. The number of halogens is 2. The minimum atomic E-state index is -3.51. The lowest BCUT2D eigenvalue weighted by molar-refractivity contribution is 0.0393. The Balaban J connectivity index is 1.47. The number of benzene rings is 2. The predicted molar refractivity (Wildman–Crippen MR) is 153 cm³/mol. The Morgan fingerprint density at radius 2 is 1.92 bits per heavy atom. The molecule has 0 aliphatic carbocycles. The number of nitrogens with one attached hydrogen (secondary N) is 3. The number of hydrogen-bond acceptors (Lipinski definition) is 10. The molecular formula is C25H29BrFN7O4S. The number of rotatable bonds is 7. The van der Waals surface area contributed by atoms with Crippen molar-refractivity contribution in [1.29, 1.82) is 0 Å². The number of piperidine rings is 1. The van der Waals surface area contributed by atoms with Gasteiger partial charge in [-0.25, -0.2) is 17.8 Å². The molecule has 14 heteroatoms. The summed E-state index contributed by atoms with van der Waals surface area (Å²) in [5, 5.41) is 4.78. The van der Waals surface area contributed by atoms with E-state index in [1.165, 1.54) is 13.2 Å². The van der Waals surface area contributed by atoms with E-state index >= 15 is 4.39 Å². The maximum atomic E-state index is 15.3. The molecule has 0 atom stereocenters. The van der Waals surface area contributed by atoms with Crippen molar-refractivity contribution < 1.29 is 22.3 Å². The van der Waals surface area contributed by atoms with Gasteiger partial charge in [-0.05, 0) is 53.4 Å². The number of aromatic nitrogens is 2. The fourth-order valence-corrected chi connectivity index (χ4v) is 5.43. The van der Waals surface area contributed by atoms with Gasteiger partial charge in [0.05, 0.1) is 41.0 Å². The number of methoxy groups -OCH3 is 1. The number of fused-ring (bicyclic) bond motifs is 2. The molecule has 11 nitrogen and oxygen atoms in total. The van der Waals surface area contributed by atoms with E-state index in [4.69, 9.17) is 9.47 Å². The molecule has 0 amide bonds. The van der Waals surface area contributed by atoms with Gasteiger partial charge in [0.25, 0.3) is 0 Å². The quantitative estimate of drug-likeness (QED) is 0.345. The minimum Gasteiger partial charge on any atom is -0.494 e. The number of hydrogen-bond donors (Lipinski definition) is 3. The van der Waals surface area contributed by atoms with E-state index in [0.29, 0.717) is 51.9 Å². The van der Waals surface area contributed by atoms with Crippen molar-refractivity contribution in [3.05, 3.63) is 52.4 Å². The van der Waals surface area contributed by atoms with Crippen molar-refractivity contribution in [3.8, 4) is 5.75 Å². The van der Waals surface area contributed by atoms with Gasteiger partial charge in [0.15, 0.2) is 5.82 Å². The number of anilines is 6. The number of ether oxygens (including phenoxy) is 2. The largest absolute Gasteiger partial charge is 0.494 e. The molecule has 0 saturated carbocycles. The number of hydrazine groups is 1. The van der Waals surface area contributed by atoms with E-state index in [9.17, 15) is 8.42 Å². The first-order valence-corrected chi connectivity index (χ1v) is 14.9. The second-order valence-corrected chi connectivity index (χ2v) is 12.0. The smallest absolute Gasteiger partial charge is 0.243 e. The van der Waals surface area contributed by atoms with Crippen LogP contribution in [0.2, 0.25) is 0 Å². The summed E-state index contributed by atoms with van der Waals surface area (Å²) in [6, 6.07) is 8.40. The molecule has 0 spiro atoms. The zero-order chi connectivity index (χ0) is 27.7. The Labute approximate surface area is 234 Å². The van der Waals surface area contributed by atoms with E-state index in [2.05, 4.69) is 41.4 Å². The summed E-state index contributed by atoms with van der Waals surface area (Å²) in [5.41, 5.74) is 5.85. The first-order chi connectivity index (χ1) is 18.6. The summed E-state index contributed by atoms with van der Waals surface area (Å²) in [4.78, 5) is 11.0. The van der Waals surface area contributed by atoms with Gasteiger partial charge in [-0.1, -0.05) is 6.07 Å². The molecule has 39 heavy (non-hydrogen) atoms. The Morgan fingerprint density at radius 1 is 1.15 bits per heavy atom. The van der Waals surface area contributed by atoms with Gasteiger partial charge in [0.2, 0.25) is 16.0 Å². The van der Waals surface area contributed by atoms with Gasteiger partial charge in [0.1, 0.15) is 24.0 Å². The van der Waals surface area contributed by atoms with Crippen LogP contribution in [0.5, 0.6) is 5.75 Å². The summed E-state index contributed by atoms with van der Waals surface area (Å²) in [7, 11) is -1.97. The van der Waals surface area contributed by atoms with E-state index in [1.54, 1.807) is 35.5 Å². The van der Waals surface area contributed by atoms with Crippen LogP contribution in [0.1, 0.15) is 18.4 Å². The summed E-state index contributed by atoms with van der Waals surface area (Å²) in [6.45, 7) is 3.38. The van der Waals surface area contributed by atoms with Crippen molar-refractivity contribution >= 4 is 60.5 Å². The molecular weight excluding hydrogens is 593 g/mol. The SMILES string of the molecule is COc1cc2c(F)cc1N(Nc1ncc(Br)c(Nc3cc(C)ccc3NS(C)(=O)=O)n1)COC1CCN2CC1. The van der Waals surface area contributed by atoms with Crippen LogP contribution in [0.15, 0.2) is 41.0 Å². The molecule has 5 heterocycles. The highest BCUT2D eigenvalue weighted by molar-refractivity contribution is 9.10. The second kappa shape index (κ2) is 11.0. The number of sulfonamides is 1. The Morgan fingerprint density at radius 3 is 2.64 bits per heavy atom. The third-order valence-electron chi connectivity index (χ3n) is 6.46. The lowest BCUT2D eigenvalue weighted by Crippen LogP contribution is -2.39. The second-order valence-electron chi connectivity index (χ2n) is 9.44. The van der Waals surface area contributed by atoms with Gasteiger partial charge in [-0.2, -0.15) is 4.98 Å². The molecule has 4 aliphatic rings. The van der Waals surface area contributed by atoms with Crippen LogP contribution in [-0.2, 0) is 14.8 Å². The zero-order valence-electron chi connectivity index (χ0n) is 21.7. The van der Waals surface area contributed by atoms with Crippen LogP contribution >= 0.6 is 15.9 Å². The molecule has 0 radical (unpaired) electrons. The highest BCUT2D eigenvalue weighted by atomic mass is 79.9. The number of aryl methyl sites for hydroxylation is 1. The maximum absolute atomic E-state index is 15.3. The highest BCUT2D eigenvalue weighted by Gasteiger charge is 2.27. The molecule has 2 aromatic carbocycles. The fraction of sp³-hybridized carbons (Fsp3) is 0.360. The van der Waals surface area contributed by atoms with Crippen LogP contribution in [0, 0.1) is 12.7 Å². The summed E-state index contributed by atoms with van der Waals surface area (Å²) in [6.07, 6.45) is 4.23. The molecule has 208 valence electrons. The highest BCUT2D eigenvalue weighted by Crippen LogP contribution is 2.38. The topological polar surface area (TPSA) is 121 Å². The predicted octanol–water partition coefficient (Wildman–Crippen LogP) is 4.60. The van der Waals surface area contributed by atoms with Crippen molar-refractivity contribution in [3.63, 3.8) is 0 Å². The summed E-state index contributed by atoms with van der Waals surface area (Å²) >= 11 is 3.46. The van der Waals surface area contributed by atoms with Crippen molar-refractivity contribution in [2.24, 2.45) is 0 Å². The summed E-state index contributed by atoms with van der Waals surface area (Å²) < 4.78 is 53.9. The first-order valence-electron chi connectivity index (χ1n) is 12.3. The van der Waals surface area contributed by atoms with Crippen molar-refractivity contribution in [2.45, 2.75) is 25.9 Å². The van der Waals surface area contributed by atoms with Crippen LogP contribution in [0.25, 0.3) is 0 Å². The zero-order valence-corrected chi connectivity index (χ0v) is 24.1. The molecule has 3 aromatic rings. The van der Waals surface area contributed by atoms with Crippen molar-refractivity contribution in [1.82, 2.24) is 9.97 Å². The van der Waals surface area contributed by atoms with E-state index < -0.39 is 10.0 Å². The van der Waals surface area contributed by atoms with Gasteiger partial charge < -0.3 is 19.7 Å². The Bertz CT molecular complexity index is 1490. The normalized spacial score (nSPS) is 15.7. The van der Waals surface area contributed by atoms with Crippen LogP contribution in [0.3, 0.4) is 0 Å². The van der Waals surface area contributed by atoms with E-state index in [1.807, 2.05) is 11.8 Å². The lowest BCUT2D eigenvalue weighted by Gasteiger charge is -2.33. The third kappa shape index (κ3) is 6.28. The van der Waals surface area contributed by atoms with Gasteiger partial charge in [-0.15, -0.1) is 0 Å². The molecule has 0 unspecified atom stereocenters. The average Bonchev–Trinajstić information content (AvgIpc) is 2.95.